The highest BCUT2D eigenvalue weighted by Gasteiger charge is 2.55. The van der Waals surface area contributed by atoms with Crippen LogP contribution in [0.25, 0.3) is 0 Å². The summed E-state index contributed by atoms with van der Waals surface area (Å²) in [6, 6.07) is 8.29. The summed E-state index contributed by atoms with van der Waals surface area (Å²) < 4.78 is 2.17. The van der Waals surface area contributed by atoms with E-state index in [0.717, 1.165) is 11.3 Å². The van der Waals surface area contributed by atoms with E-state index in [4.69, 9.17) is 0 Å². The van der Waals surface area contributed by atoms with Gasteiger partial charge in [0, 0.05) is 17.3 Å². The Labute approximate surface area is 113 Å². The minimum Gasteiger partial charge on any atom is -0.385 e. The number of hydrogen-bond acceptors (Lipinski definition) is 2. The van der Waals surface area contributed by atoms with Crippen molar-refractivity contribution in [2.75, 3.05) is 0 Å². The van der Waals surface area contributed by atoms with Crippen LogP contribution in [-0.4, -0.2) is 14.7 Å². The predicted molar refractivity (Wildman–Crippen MR) is 74.9 cm³/mol. The molecule has 0 aliphatic heterocycles. The first-order chi connectivity index (χ1) is 8.87. The summed E-state index contributed by atoms with van der Waals surface area (Å²) in [4.78, 5) is 4.23. The number of hydrogen-bond donors (Lipinski definition) is 1. The van der Waals surface area contributed by atoms with E-state index >= 15 is 0 Å². The van der Waals surface area contributed by atoms with Crippen molar-refractivity contribution in [3.05, 3.63) is 53.6 Å². The molecule has 1 aliphatic carbocycles. The Morgan fingerprint density at radius 1 is 1.21 bits per heavy atom. The van der Waals surface area contributed by atoms with Crippen LogP contribution in [0.1, 0.15) is 43.6 Å². The first-order valence-electron chi connectivity index (χ1n) is 6.67. The van der Waals surface area contributed by atoms with E-state index in [9.17, 15) is 5.11 Å². The van der Waals surface area contributed by atoms with Crippen molar-refractivity contribution in [1.29, 1.82) is 0 Å². The molecule has 19 heavy (non-hydrogen) atoms. The molecule has 3 rings (SSSR count). The Morgan fingerprint density at radius 3 is 2.53 bits per heavy atom. The highest BCUT2D eigenvalue weighted by atomic mass is 16.3. The van der Waals surface area contributed by atoms with Gasteiger partial charge in [0.05, 0.1) is 18.0 Å². The van der Waals surface area contributed by atoms with Gasteiger partial charge in [0.15, 0.2) is 0 Å². The number of nitrogens with zero attached hydrogens (tertiary/aromatic N) is 2. The molecule has 2 atom stereocenters. The second kappa shape index (κ2) is 3.70. The quantitative estimate of drug-likeness (QED) is 0.851. The van der Waals surface area contributed by atoms with Gasteiger partial charge in [0.1, 0.15) is 0 Å². The van der Waals surface area contributed by atoms with Gasteiger partial charge in [-0.3, -0.25) is 0 Å². The molecule has 1 aromatic carbocycles. The average molecular weight is 256 g/mol. The molecular formula is C16H20N2O. The van der Waals surface area contributed by atoms with Crippen LogP contribution in [0.15, 0.2) is 36.8 Å². The average Bonchev–Trinajstić information content (AvgIpc) is 2.81. The Bertz CT molecular complexity index is 625. The summed E-state index contributed by atoms with van der Waals surface area (Å²) in [7, 11) is 0. The van der Waals surface area contributed by atoms with Gasteiger partial charge in [0.2, 0.25) is 0 Å². The van der Waals surface area contributed by atoms with Crippen LogP contribution in [0.5, 0.6) is 0 Å². The van der Waals surface area contributed by atoms with Gasteiger partial charge in [-0.2, -0.15) is 0 Å². The number of aliphatic hydroxyl groups is 1. The Balaban J connectivity index is 2.28. The number of imidazole rings is 1. The molecule has 1 aliphatic rings. The standard InChI is InChI=1S/C16H20N2O/c1-11-9-17-10-18(11)14-12-7-5-6-8-13(12)16(4,19)15(14,2)3/h5-10,14,19H,1-4H3. The molecule has 1 heterocycles. The van der Waals surface area contributed by atoms with Crippen LogP contribution in [0.3, 0.4) is 0 Å². The number of aryl methyl sites for hydroxylation is 1. The Morgan fingerprint density at radius 2 is 1.89 bits per heavy atom. The summed E-state index contributed by atoms with van der Waals surface area (Å²) >= 11 is 0. The first kappa shape index (κ1) is 12.4. The Kier molecular flexibility index (Phi) is 2.42. The molecule has 2 unspecified atom stereocenters. The third-order valence-electron chi connectivity index (χ3n) is 4.86. The van der Waals surface area contributed by atoms with Gasteiger partial charge >= 0.3 is 0 Å². The maximum Gasteiger partial charge on any atom is 0.0954 e. The predicted octanol–water partition coefficient (Wildman–Crippen LogP) is 3.03. The van der Waals surface area contributed by atoms with Gasteiger partial charge in [0.25, 0.3) is 0 Å². The lowest BCUT2D eigenvalue weighted by molar-refractivity contribution is -0.0590. The minimum atomic E-state index is -0.842. The lowest BCUT2D eigenvalue weighted by atomic mass is 9.74. The zero-order chi connectivity index (χ0) is 13.8. The normalized spacial score (nSPS) is 28.4. The van der Waals surface area contributed by atoms with Crippen LogP contribution >= 0.6 is 0 Å². The van der Waals surface area contributed by atoms with E-state index < -0.39 is 5.60 Å². The van der Waals surface area contributed by atoms with E-state index in [2.05, 4.69) is 36.4 Å². The highest BCUT2D eigenvalue weighted by molar-refractivity contribution is 5.44. The van der Waals surface area contributed by atoms with E-state index in [1.54, 1.807) is 0 Å². The van der Waals surface area contributed by atoms with E-state index in [1.165, 1.54) is 5.56 Å². The molecule has 1 N–H and O–H groups in total. The molecule has 0 spiro atoms. The molecule has 1 aromatic heterocycles. The number of aromatic nitrogens is 2. The van der Waals surface area contributed by atoms with Gasteiger partial charge in [-0.1, -0.05) is 38.1 Å². The molecule has 0 radical (unpaired) electrons. The second-order valence-corrected chi connectivity index (χ2v) is 6.23. The summed E-state index contributed by atoms with van der Waals surface area (Å²) in [5.41, 5.74) is 2.20. The fourth-order valence-electron chi connectivity index (χ4n) is 3.32. The fraction of sp³-hybridized carbons (Fsp3) is 0.438. The Hall–Kier alpha value is -1.61. The van der Waals surface area contributed by atoms with Crippen LogP contribution in [0.4, 0.5) is 0 Å². The molecule has 100 valence electrons. The zero-order valence-electron chi connectivity index (χ0n) is 11.9. The lowest BCUT2D eigenvalue weighted by Crippen LogP contribution is -2.39. The van der Waals surface area contributed by atoms with Crippen LogP contribution in [0, 0.1) is 12.3 Å². The van der Waals surface area contributed by atoms with E-state index in [1.807, 2.05) is 37.6 Å². The molecule has 3 nitrogen and oxygen atoms in total. The SMILES string of the molecule is Cc1cncn1C1c2ccccc2C(C)(O)C1(C)C. The summed E-state index contributed by atoms with van der Waals surface area (Å²) in [5, 5.41) is 11.0. The summed E-state index contributed by atoms with van der Waals surface area (Å²) in [6.45, 7) is 8.21. The molecular weight excluding hydrogens is 236 g/mol. The van der Waals surface area contributed by atoms with Gasteiger partial charge in [-0.25, -0.2) is 4.98 Å². The first-order valence-corrected chi connectivity index (χ1v) is 6.67. The molecule has 0 bridgehead atoms. The van der Waals surface area contributed by atoms with Crippen molar-refractivity contribution in [3.8, 4) is 0 Å². The topological polar surface area (TPSA) is 38.0 Å². The lowest BCUT2D eigenvalue weighted by Gasteiger charge is -2.39. The number of benzene rings is 1. The summed E-state index contributed by atoms with van der Waals surface area (Å²) in [5.74, 6) is 0. The molecule has 0 saturated heterocycles. The third-order valence-corrected chi connectivity index (χ3v) is 4.86. The van der Waals surface area contributed by atoms with E-state index in [0.29, 0.717) is 0 Å². The fourth-order valence-corrected chi connectivity index (χ4v) is 3.32. The van der Waals surface area contributed by atoms with Crippen molar-refractivity contribution in [1.82, 2.24) is 9.55 Å². The zero-order valence-corrected chi connectivity index (χ0v) is 11.9. The van der Waals surface area contributed by atoms with Crippen LogP contribution in [-0.2, 0) is 5.60 Å². The van der Waals surface area contributed by atoms with Crippen molar-refractivity contribution in [2.45, 2.75) is 39.3 Å². The molecule has 2 aromatic rings. The monoisotopic (exact) mass is 256 g/mol. The highest BCUT2D eigenvalue weighted by Crippen LogP contribution is 2.57. The van der Waals surface area contributed by atoms with Crippen molar-refractivity contribution >= 4 is 0 Å². The number of fused-ring (bicyclic) bond motifs is 1. The van der Waals surface area contributed by atoms with Gasteiger partial charge in [-0.05, 0) is 25.0 Å². The molecule has 3 heteroatoms. The molecule has 0 fully saturated rings. The van der Waals surface area contributed by atoms with Crippen LogP contribution in [0.2, 0.25) is 0 Å². The van der Waals surface area contributed by atoms with Crippen LogP contribution < -0.4 is 0 Å². The van der Waals surface area contributed by atoms with E-state index in [-0.39, 0.29) is 11.5 Å². The number of rotatable bonds is 1. The molecule has 0 amide bonds. The maximum absolute atomic E-state index is 11.0. The largest absolute Gasteiger partial charge is 0.385 e. The van der Waals surface area contributed by atoms with Crippen molar-refractivity contribution < 1.29 is 5.11 Å². The molecule has 0 saturated carbocycles. The van der Waals surface area contributed by atoms with Crippen molar-refractivity contribution in [3.63, 3.8) is 0 Å². The smallest absolute Gasteiger partial charge is 0.0954 e. The van der Waals surface area contributed by atoms with Gasteiger partial charge in [-0.15, -0.1) is 0 Å². The second-order valence-electron chi connectivity index (χ2n) is 6.23. The van der Waals surface area contributed by atoms with Crippen molar-refractivity contribution in [2.24, 2.45) is 5.41 Å². The summed E-state index contributed by atoms with van der Waals surface area (Å²) in [6.07, 6.45) is 3.73. The minimum absolute atomic E-state index is 0.112. The third kappa shape index (κ3) is 1.45. The van der Waals surface area contributed by atoms with Gasteiger partial charge < -0.3 is 9.67 Å². The maximum atomic E-state index is 11.0.